The number of nitrogens with one attached hydrogen (secondary N) is 1. The van der Waals surface area contributed by atoms with Crippen molar-refractivity contribution in [1.29, 1.82) is 0 Å². The van der Waals surface area contributed by atoms with E-state index in [0.29, 0.717) is 31.5 Å². The van der Waals surface area contributed by atoms with Gasteiger partial charge in [0.1, 0.15) is 12.1 Å². The maximum atomic E-state index is 12.9. The molecule has 1 aromatic rings. The molecule has 0 aromatic carbocycles. The number of ether oxygens (including phenoxy) is 1. The average molecular weight is 400 g/mol. The summed E-state index contributed by atoms with van der Waals surface area (Å²) in [5.41, 5.74) is -0.180. The molecule has 2 rings (SSSR count). The molecular formula is C18H29N3O5S. The quantitative estimate of drug-likeness (QED) is 0.733. The number of hydrogen-bond donors (Lipinski definition) is 1. The van der Waals surface area contributed by atoms with E-state index in [4.69, 9.17) is 4.74 Å². The Morgan fingerprint density at radius 1 is 1.30 bits per heavy atom. The second kappa shape index (κ2) is 8.43. The summed E-state index contributed by atoms with van der Waals surface area (Å²) >= 11 is 0. The van der Waals surface area contributed by atoms with Crippen LogP contribution in [-0.4, -0.2) is 71.5 Å². The van der Waals surface area contributed by atoms with Crippen LogP contribution in [0.15, 0.2) is 18.5 Å². The molecule has 0 saturated carbocycles. The van der Waals surface area contributed by atoms with Gasteiger partial charge in [-0.3, -0.25) is 9.59 Å². The summed E-state index contributed by atoms with van der Waals surface area (Å²) in [4.78, 5) is 29.6. The van der Waals surface area contributed by atoms with Crippen molar-refractivity contribution in [2.75, 3.05) is 25.4 Å². The minimum absolute atomic E-state index is 0.0571. The standard InChI is InChI=1S/C18H29N3O5S/c1-5-27(24,25)20-10-7-15(8-11-20)21(13-16(22)26-18(2,3)4)17(23)14-6-9-19-12-14/h6,9,12,15,19H,5,7-8,10-11,13H2,1-4H3. The van der Waals surface area contributed by atoms with Crippen LogP contribution in [0.25, 0.3) is 0 Å². The van der Waals surface area contributed by atoms with Gasteiger partial charge in [-0.2, -0.15) is 0 Å². The van der Waals surface area contributed by atoms with Crippen molar-refractivity contribution in [3.8, 4) is 0 Å². The molecule has 0 unspecified atom stereocenters. The van der Waals surface area contributed by atoms with E-state index in [-0.39, 0.29) is 24.2 Å². The Labute approximate surface area is 160 Å². The number of piperidine rings is 1. The minimum Gasteiger partial charge on any atom is -0.459 e. The summed E-state index contributed by atoms with van der Waals surface area (Å²) in [6.07, 6.45) is 4.20. The molecule has 0 aliphatic carbocycles. The van der Waals surface area contributed by atoms with Crippen LogP contribution < -0.4 is 0 Å². The fourth-order valence-corrected chi connectivity index (χ4v) is 4.25. The molecule has 0 spiro atoms. The number of amides is 1. The van der Waals surface area contributed by atoms with E-state index in [1.165, 1.54) is 9.21 Å². The van der Waals surface area contributed by atoms with Crippen LogP contribution in [0.4, 0.5) is 0 Å². The van der Waals surface area contributed by atoms with Crippen LogP contribution in [-0.2, 0) is 19.6 Å². The second-order valence-electron chi connectivity index (χ2n) is 7.65. The predicted octanol–water partition coefficient (Wildman–Crippen LogP) is 1.61. The first-order valence-corrected chi connectivity index (χ1v) is 10.8. The van der Waals surface area contributed by atoms with Gasteiger partial charge in [-0.05, 0) is 46.6 Å². The van der Waals surface area contributed by atoms with Gasteiger partial charge >= 0.3 is 5.97 Å². The number of nitrogens with zero attached hydrogens (tertiary/aromatic N) is 2. The lowest BCUT2D eigenvalue weighted by Gasteiger charge is -2.37. The van der Waals surface area contributed by atoms with E-state index in [1.807, 2.05) is 0 Å². The molecule has 9 heteroatoms. The molecule has 8 nitrogen and oxygen atoms in total. The highest BCUT2D eigenvalue weighted by molar-refractivity contribution is 7.89. The summed E-state index contributed by atoms with van der Waals surface area (Å²) in [5, 5.41) is 0. The molecule has 2 heterocycles. The van der Waals surface area contributed by atoms with Crippen molar-refractivity contribution in [1.82, 2.24) is 14.2 Å². The highest BCUT2D eigenvalue weighted by atomic mass is 32.2. The molecule has 152 valence electrons. The lowest BCUT2D eigenvalue weighted by molar-refractivity contribution is -0.156. The second-order valence-corrected chi connectivity index (χ2v) is 9.91. The largest absolute Gasteiger partial charge is 0.459 e. The molecule has 0 radical (unpaired) electrons. The fraction of sp³-hybridized carbons (Fsp3) is 0.667. The van der Waals surface area contributed by atoms with Crippen molar-refractivity contribution in [2.45, 2.75) is 52.2 Å². The SMILES string of the molecule is CCS(=O)(=O)N1CCC(N(CC(=O)OC(C)(C)C)C(=O)c2cc[nH]c2)CC1. The molecule has 0 bridgehead atoms. The fourth-order valence-electron chi connectivity index (χ4n) is 3.12. The molecule has 1 aromatic heterocycles. The van der Waals surface area contributed by atoms with Crippen molar-refractivity contribution < 1.29 is 22.7 Å². The molecule has 1 N–H and O–H groups in total. The maximum absolute atomic E-state index is 12.9. The van der Waals surface area contributed by atoms with Crippen LogP contribution >= 0.6 is 0 Å². The Kier molecular flexibility index (Phi) is 6.69. The van der Waals surface area contributed by atoms with Crippen LogP contribution in [0.1, 0.15) is 50.9 Å². The summed E-state index contributed by atoms with van der Waals surface area (Å²) in [5.74, 6) is -0.685. The number of sulfonamides is 1. The molecule has 1 fully saturated rings. The Morgan fingerprint density at radius 2 is 1.93 bits per heavy atom. The smallest absolute Gasteiger partial charge is 0.326 e. The van der Waals surface area contributed by atoms with Crippen molar-refractivity contribution in [2.24, 2.45) is 0 Å². The number of aromatic nitrogens is 1. The monoisotopic (exact) mass is 399 g/mol. The van der Waals surface area contributed by atoms with Crippen molar-refractivity contribution in [3.05, 3.63) is 24.0 Å². The van der Waals surface area contributed by atoms with E-state index < -0.39 is 21.6 Å². The van der Waals surface area contributed by atoms with E-state index >= 15 is 0 Å². The number of carbonyl (C=O) groups excluding carboxylic acids is 2. The highest BCUT2D eigenvalue weighted by Gasteiger charge is 2.34. The highest BCUT2D eigenvalue weighted by Crippen LogP contribution is 2.22. The van der Waals surface area contributed by atoms with Crippen LogP contribution in [0.2, 0.25) is 0 Å². The van der Waals surface area contributed by atoms with Gasteiger partial charge in [-0.15, -0.1) is 0 Å². The molecule has 0 atom stereocenters. The van der Waals surface area contributed by atoms with Gasteiger partial charge < -0.3 is 14.6 Å². The molecule has 1 amide bonds. The van der Waals surface area contributed by atoms with Crippen molar-refractivity contribution in [3.63, 3.8) is 0 Å². The summed E-state index contributed by atoms with van der Waals surface area (Å²) in [6, 6.07) is 1.43. The first-order chi connectivity index (χ1) is 12.5. The van der Waals surface area contributed by atoms with E-state index in [9.17, 15) is 18.0 Å². The Bertz CT molecular complexity index is 744. The van der Waals surface area contributed by atoms with Gasteiger partial charge in [0.15, 0.2) is 0 Å². The first-order valence-electron chi connectivity index (χ1n) is 9.17. The normalized spacial score (nSPS) is 16.9. The zero-order chi connectivity index (χ0) is 20.2. The molecular weight excluding hydrogens is 370 g/mol. The van der Waals surface area contributed by atoms with Crippen LogP contribution in [0, 0.1) is 0 Å². The van der Waals surface area contributed by atoms with Gasteiger partial charge in [0, 0.05) is 31.5 Å². The van der Waals surface area contributed by atoms with Gasteiger partial charge in [0.2, 0.25) is 10.0 Å². The lowest BCUT2D eigenvalue weighted by atomic mass is 10.0. The van der Waals surface area contributed by atoms with Gasteiger partial charge in [0.25, 0.3) is 5.91 Å². The van der Waals surface area contributed by atoms with Gasteiger partial charge in [-0.1, -0.05) is 0 Å². The lowest BCUT2D eigenvalue weighted by Crippen LogP contribution is -2.51. The number of H-pyrrole nitrogens is 1. The summed E-state index contributed by atoms with van der Waals surface area (Å²) < 4.78 is 30.9. The zero-order valence-electron chi connectivity index (χ0n) is 16.4. The molecule has 1 aliphatic heterocycles. The van der Waals surface area contributed by atoms with Crippen LogP contribution in [0.3, 0.4) is 0 Å². The van der Waals surface area contributed by atoms with Gasteiger partial charge in [0.05, 0.1) is 11.3 Å². The molecule has 1 saturated heterocycles. The van der Waals surface area contributed by atoms with Gasteiger partial charge in [-0.25, -0.2) is 12.7 Å². The first kappa shape index (κ1) is 21.4. The maximum Gasteiger partial charge on any atom is 0.326 e. The third kappa shape index (κ3) is 5.80. The number of aromatic amines is 1. The topological polar surface area (TPSA) is 99.8 Å². The predicted molar refractivity (Wildman–Crippen MR) is 102 cm³/mol. The van der Waals surface area contributed by atoms with E-state index in [0.717, 1.165) is 0 Å². The number of rotatable bonds is 6. The number of esters is 1. The van der Waals surface area contributed by atoms with E-state index in [2.05, 4.69) is 4.98 Å². The Hall–Kier alpha value is -1.87. The molecule has 1 aliphatic rings. The van der Waals surface area contributed by atoms with E-state index in [1.54, 1.807) is 46.2 Å². The number of hydrogen-bond acceptors (Lipinski definition) is 5. The third-order valence-corrected chi connectivity index (χ3v) is 6.33. The number of carbonyl (C=O) groups is 2. The van der Waals surface area contributed by atoms with Crippen LogP contribution in [0.5, 0.6) is 0 Å². The molecule has 27 heavy (non-hydrogen) atoms. The summed E-state index contributed by atoms with van der Waals surface area (Å²) in [6.45, 7) is 7.46. The van der Waals surface area contributed by atoms with Crippen molar-refractivity contribution >= 4 is 21.9 Å². The zero-order valence-corrected chi connectivity index (χ0v) is 17.2. The minimum atomic E-state index is -3.25. The Morgan fingerprint density at radius 3 is 2.41 bits per heavy atom. The third-order valence-electron chi connectivity index (χ3n) is 4.45. The Balaban J connectivity index is 2.13. The average Bonchev–Trinajstić information content (AvgIpc) is 3.12. The summed E-state index contributed by atoms with van der Waals surface area (Å²) in [7, 11) is -3.25.